The molecule has 2 unspecified atom stereocenters. The third-order valence-electron chi connectivity index (χ3n) is 2.58. The average Bonchev–Trinajstić information content (AvgIpc) is 2.58. The van der Waals surface area contributed by atoms with Gasteiger partial charge in [-0.15, -0.1) is 0 Å². The van der Waals surface area contributed by atoms with Gasteiger partial charge < -0.3 is 15.5 Å². The van der Waals surface area contributed by atoms with Crippen molar-refractivity contribution in [3.05, 3.63) is 0 Å². The van der Waals surface area contributed by atoms with Crippen molar-refractivity contribution in [3.63, 3.8) is 0 Å². The summed E-state index contributed by atoms with van der Waals surface area (Å²) < 4.78 is 0. The van der Waals surface area contributed by atoms with Crippen molar-refractivity contribution in [2.75, 3.05) is 19.6 Å². The first kappa shape index (κ1) is 7.86. The van der Waals surface area contributed by atoms with Crippen molar-refractivity contribution in [1.82, 2.24) is 15.5 Å². The molecule has 0 saturated carbocycles. The van der Waals surface area contributed by atoms with E-state index in [-0.39, 0.29) is 6.03 Å². The van der Waals surface area contributed by atoms with Gasteiger partial charge in [0.25, 0.3) is 0 Å². The fourth-order valence-corrected chi connectivity index (χ4v) is 1.94. The second-order valence-corrected chi connectivity index (χ2v) is 3.65. The summed E-state index contributed by atoms with van der Waals surface area (Å²) in [5, 5.41) is 6.17. The van der Waals surface area contributed by atoms with Crippen molar-refractivity contribution in [3.8, 4) is 0 Å². The van der Waals surface area contributed by atoms with Gasteiger partial charge in [0.05, 0.1) is 0 Å². The summed E-state index contributed by atoms with van der Waals surface area (Å²) in [6, 6.07) is 0.851. The van der Waals surface area contributed by atoms with Crippen LogP contribution in [0.2, 0.25) is 0 Å². The van der Waals surface area contributed by atoms with Crippen LogP contribution >= 0.6 is 0 Å². The van der Waals surface area contributed by atoms with Crippen LogP contribution in [-0.4, -0.2) is 42.6 Å². The fourth-order valence-electron chi connectivity index (χ4n) is 1.94. The summed E-state index contributed by atoms with van der Waals surface area (Å²) >= 11 is 0. The lowest BCUT2D eigenvalue weighted by Gasteiger charge is -2.21. The van der Waals surface area contributed by atoms with Crippen LogP contribution in [0, 0.1) is 0 Å². The molecule has 0 radical (unpaired) electrons. The number of nitrogens with one attached hydrogen (secondary N) is 2. The van der Waals surface area contributed by atoms with Crippen LogP contribution in [0.25, 0.3) is 0 Å². The molecule has 0 aromatic heterocycles. The Morgan fingerprint density at radius 1 is 1.58 bits per heavy atom. The largest absolute Gasteiger partial charge is 0.334 e. The lowest BCUT2D eigenvalue weighted by atomic mass is 10.2. The Morgan fingerprint density at radius 3 is 2.92 bits per heavy atom. The Balaban J connectivity index is 1.98. The minimum absolute atomic E-state index is 0.108. The standard InChI is InChI=1S/C8H15N3O/c1-6-5-11(8(12)10-6)7-2-3-9-4-7/h6-7,9H,2-5H2,1H3,(H,10,12). The first-order valence-electron chi connectivity index (χ1n) is 4.55. The molecule has 0 spiro atoms. The first-order valence-corrected chi connectivity index (χ1v) is 4.55. The van der Waals surface area contributed by atoms with Crippen LogP contribution in [0.3, 0.4) is 0 Å². The molecular weight excluding hydrogens is 154 g/mol. The van der Waals surface area contributed by atoms with Crippen molar-refractivity contribution < 1.29 is 4.79 Å². The number of nitrogens with zero attached hydrogens (tertiary/aromatic N) is 1. The normalized spacial score (nSPS) is 35.8. The molecular formula is C8H15N3O. The summed E-state index contributed by atoms with van der Waals surface area (Å²) in [6.07, 6.45) is 1.10. The molecule has 2 atom stereocenters. The number of urea groups is 1. The van der Waals surface area contributed by atoms with E-state index >= 15 is 0 Å². The Kier molecular flexibility index (Phi) is 1.92. The molecule has 0 aromatic rings. The van der Waals surface area contributed by atoms with Gasteiger partial charge in [-0.1, -0.05) is 0 Å². The van der Waals surface area contributed by atoms with Gasteiger partial charge in [-0.2, -0.15) is 0 Å². The molecule has 2 aliphatic rings. The Labute approximate surface area is 72.3 Å². The predicted octanol–water partition coefficient (Wildman–Crippen LogP) is -0.238. The maximum atomic E-state index is 11.4. The Bertz CT molecular complexity index is 189. The zero-order valence-electron chi connectivity index (χ0n) is 7.34. The van der Waals surface area contributed by atoms with E-state index in [4.69, 9.17) is 0 Å². The van der Waals surface area contributed by atoms with E-state index < -0.39 is 0 Å². The van der Waals surface area contributed by atoms with Crippen molar-refractivity contribution in [1.29, 1.82) is 0 Å². The topological polar surface area (TPSA) is 44.4 Å². The summed E-state index contributed by atoms with van der Waals surface area (Å²) in [4.78, 5) is 13.3. The minimum Gasteiger partial charge on any atom is -0.334 e. The van der Waals surface area contributed by atoms with Crippen LogP contribution in [-0.2, 0) is 0 Å². The van der Waals surface area contributed by atoms with E-state index in [1.54, 1.807) is 0 Å². The molecule has 0 aliphatic carbocycles. The number of amides is 2. The van der Waals surface area contributed by atoms with Crippen LogP contribution in [0.15, 0.2) is 0 Å². The highest BCUT2D eigenvalue weighted by molar-refractivity contribution is 5.77. The molecule has 2 rings (SSSR count). The van der Waals surface area contributed by atoms with Gasteiger partial charge in [0.1, 0.15) is 0 Å². The molecule has 0 aromatic carbocycles. The third-order valence-corrected chi connectivity index (χ3v) is 2.58. The molecule has 2 N–H and O–H groups in total. The Morgan fingerprint density at radius 2 is 2.42 bits per heavy atom. The van der Waals surface area contributed by atoms with Crippen LogP contribution in [0.5, 0.6) is 0 Å². The lowest BCUT2D eigenvalue weighted by Crippen LogP contribution is -2.39. The third kappa shape index (κ3) is 1.27. The number of hydrogen-bond donors (Lipinski definition) is 2. The summed E-state index contributed by atoms with van der Waals surface area (Å²) in [5.74, 6) is 0. The van der Waals surface area contributed by atoms with E-state index in [2.05, 4.69) is 10.6 Å². The molecule has 2 aliphatic heterocycles. The minimum atomic E-state index is 0.108. The summed E-state index contributed by atoms with van der Waals surface area (Å²) in [7, 11) is 0. The van der Waals surface area contributed by atoms with E-state index in [1.807, 2.05) is 11.8 Å². The number of carbonyl (C=O) groups is 1. The number of hydrogen-bond acceptors (Lipinski definition) is 2. The van der Waals surface area contributed by atoms with E-state index in [9.17, 15) is 4.79 Å². The molecule has 2 fully saturated rings. The summed E-state index contributed by atoms with van der Waals surface area (Å²) in [5.41, 5.74) is 0. The van der Waals surface area contributed by atoms with Gasteiger partial charge >= 0.3 is 6.03 Å². The molecule has 68 valence electrons. The molecule has 2 saturated heterocycles. The van der Waals surface area contributed by atoms with Gasteiger partial charge in [0, 0.05) is 25.2 Å². The van der Waals surface area contributed by atoms with E-state index in [1.165, 1.54) is 0 Å². The summed E-state index contributed by atoms with van der Waals surface area (Å²) in [6.45, 7) is 4.91. The van der Waals surface area contributed by atoms with Gasteiger partial charge in [-0.05, 0) is 19.9 Å². The zero-order chi connectivity index (χ0) is 8.55. The zero-order valence-corrected chi connectivity index (χ0v) is 7.34. The van der Waals surface area contributed by atoms with E-state index in [0.717, 1.165) is 26.1 Å². The molecule has 2 heterocycles. The quantitative estimate of drug-likeness (QED) is 0.569. The average molecular weight is 169 g/mol. The maximum absolute atomic E-state index is 11.4. The number of rotatable bonds is 1. The molecule has 2 amide bonds. The van der Waals surface area contributed by atoms with Crippen molar-refractivity contribution in [2.45, 2.75) is 25.4 Å². The van der Waals surface area contributed by atoms with Gasteiger partial charge in [-0.25, -0.2) is 4.79 Å². The van der Waals surface area contributed by atoms with Crippen molar-refractivity contribution in [2.24, 2.45) is 0 Å². The highest BCUT2D eigenvalue weighted by Gasteiger charge is 2.32. The smallest absolute Gasteiger partial charge is 0.318 e. The predicted molar refractivity (Wildman–Crippen MR) is 46.0 cm³/mol. The highest BCUT2D eigenvalue weighted by atomic mass is 16.2. The maximum Gasteiger partial charge on any atom is 0.318 e. The molecule has 12 heavy (non-hydrogen) atoms. The SMILES string of the molecule is CC1CN(C2CCNC2)C(=O)N1. The number of carbonyl (C=O) groups excluding carboxylic acids is 1. The highest BCUT2D eigenvalue weighted by Crippen LogP contribution is 2.13. The van der Waals surface area contributed by atoms with Gasteiger partial charge in [0.2, 0.25) is 0 Å². The Hall–Kier alpha value is -0.770. The first-order chi connectivity index (χ1) is 5.77. The molecule has 0 bridgehead atoms. The molecule has 4 nitrogen and oxygen atoms in total. The van der Waals surface area contributed by atoms with Gasteiger partial charge in [-0.3, -0.25) is 0 Å². The second kappa shape index (κ2) is 2.94. The second-order valence-electron chi connectivity index (χ2n) is 3.65. The van der Waals surface area contributed by atoms with Crippen LogP contribution in [0.4, 0.5) is 4.79 Å². The van der Waals surface area contributed by atoms with Crippen LogP contribution in [0.1, 0.15) is 13.3 Å². The van der Waals surface area contributed by atoms with Crippen molar-refractivity contribution >= 4 is 6.03 Å². The monoisotopic (exact) mass is 169 g/mol. The van der Waals surface area contributed by atoms with Gasteiger partial charge in [0.15, 0.2) is 0 Å². The molecule has 4 heteroatoms. The van der Waals surface area contributed by atoms with Crippen LogP contribution < -0.4 is 10.6 Å². The van der Waals surface area contributed by atoms with E-state index in [0.29, 0.717) is 12.1 Å². The lowest BCUT2D eigenvalue weighted by molar-refractivity contribution is 0.201. The fraction of sp³-hybridized carbons (Fsp3) is 0.875.